The van der Waals surface area contributed by atoms with Crippen LogP contribution in [0.2, 0.25) is 0 Å². The monoisotopic (exact) mass is 258 g/mol. The van der Waals surface area contributed by atoms with E-state index < -0.39 is 0 Å². The highest BCUT2D eigenvalue weighted by Gasteiger charge is 2.37. The Labute approximate surface area is 114 Å². The summed E-state index contributed by atoms with van der Waals surface area (Å²) in [6.45, 7) is 11.8. The number of hydrogen-bond donors (Lipinski definition) is 0. The van der Waals surface area contributed by atoms with Crippen molar-refractivity contribution >= 4 is 21.4 Å². The number of benzene rings is 1. The Morgan fingerprint density at radius 3 is 2.11 bits per heavy atom. The minimum Gasteiger partial charge on any atom is -0.144 e. The lowest BCUT2D eigenvalue weighted by atomic mass is 9.63. The van der Waals surface area contributed by atoms with Gasteiger partial charge in [0.05, 0.1) is 0 Å². The van der Waals surface area contributed by atoms with E-state index in [1.165, 1.54) is 28.5 Å². The van der Waals surface area contributed by atoms with Crippen molar-refractivity contribution < 1.29 is 0 Å². The molecule has 0 radical (unpaired) electrons. The fourth-order valence-electron chi connectivity index (χ4n) is 3.22. The van der Waals surface area contributed by atoms with Crippen molar-refractivity contribution in [3.63, 3.8) is 0 Å². The zero-order valence-corrected chi connectivity index (χ0v) is 12.9. The molecule has 2 aromatic rings. The minimum absolute atomic E-state index is 0.327. The third-order valence-electron chi connectivity index (χ3n) is 4.74. The molecule has 0 spiro atoms. The molecular weight excluding hydrogens is 236 g/mol. The molecule has 96 valence electrons. The molecule has 0 unspecified atom stereocenters. The molecule has 1 aliphatic rings. The number of thiophene rings is 1. The van der Waals surface area contributed by atoms with E-state index in [9.17, 15) is 0 Å². The van der Waals surface area contributed by atoms with Crippen molar-refractivity contribution in [3.8, 4) is 0 Å². The fraction of sp³-hybridized carbons (Fsp3) is 0.529. The van der Waals surface area contributed by atoms with Crippen molar-refractivity contribution in [2.24, 2.45) is 0 Å². The molecule has 0 aliphatic heterocycles. The summed E-state index contributed by atoms with van der Waals surface area (Å²) < 4.78 is 1.46. The van der Waals surface area contributed by atoms with E-state index in [1.54, 1.807) is 11.1 Å². The van der Waals surface area contributed by atoms with Crippen molar-refractivity contribution in [1.29, 1.82) is 0 Å². The summed E-state index contributed by atoms with van der Waals surface area (Å²) >= 11 is 1.89. The highest BCUT2D eigenvalue weighted by molar-refractivity contribution is 7.17. The molecule has 0 fully saturated rings. The topological polar surface area (TPSA) is 0 Å². The predicted molar refractivity (Wildman–Crippen MR) is 81.8 cm³/mol. The Morgan fingerprint density at radius 2 is 1.50 bits per heavy atom. The Kier molecular flexibility index (Phi) is 2.45. The summed E-state index contributed by atoms with van der Waals surface area (Å²) in [5, 5.41) is 3.75. The number of fused-ring (bicyclic) bond motifs is 2. The van der Waals surface area contributed by atoms with Gasteiger partial charge in [0.2, 0.25) is 0 Å². The van der Waals surface area contributed by atoms with Crippen LogP contribution in [-0.2, 0) is 10.8 Å². The molecule has 1 aromatic carbocycles. The Hall–Kier alpha value is -0.820. The first kappa shape index (κ1) is 12.2. The van der Waals surface area contributed by atoms with E-state index in [0.717, 1.165) is 0 Å². The van der Waals surface area contributed by atoms with Gasteiger partial charge in [-0.2, -0.15) is 0 Å². The summed E-state index contributed by atoms with van der Waals surface area (Å²) in [4.78, 5) is 0. The smallest absolute Gasteiger partial charge is 0.0348 e. The van der Waals surface area contributed by atoms with Gasteiger partial charge in [0.1, 0.15) is 0 Å². The maximum atomic E-state index is 2.47. The molecular formula is C17H22S. The van der Waals surface area contributed by atoms with Gasteiger partial charge in [-0.25, -0.2) is 0 Å². The fourth-order valence-corrected chi connectivity index (χ4v) is 4.18. The summed E-state index contributed by atoms with van der Waals surface area (Å²) in [6.07, 6.45) is 2.59. The van der Waals surface area contributed by atoms with Gasteiger partial charge in [0.15, 0.2) is 0 Å². The van der Waals surface area contributed by atoms with E-state index in [0.29, 0.717) is 10.8 Å². The lowest BCUT2D eigenvalue weighted by Gasteiger charge is -2.41. The van der Waals surface area contributed by atoms with Gasteiger partial charge in [-0.1, -0.05) is 27.7 Å². The molecule has 1 aliphatic carbocycles. The highest BCUT2D eigenvalue weighted by Crippen LogP contribution is 2.47. The van der Waals surface area contributed by atoms with Crippen molar-refractivity contribution in [3.05, 3.63) is 34.2 Å². The van der Waals surface area contributed by atoms with Crippen LogP contribution < -0.4 is 0 Å². The lowest BCUT2D eigenvalue weighted by molar-refractivity contribution is 0.332. The van der Waals surface area contributed by atoms with Gasteiger partial charge in [0, 0.05) is 4.70 Å². The van der Waals surface area contributed by atoms with E-state index in [4.69, 9.17) is 0 Å². The average molecular weight is 258 g/mol. The molecule has 0 saturated carbocycles. The molecule has 0 saturated heterocycles. The van der Waals surface area contributed by atoms with Crippen LogP contribution in [0.15, 0.2) is 17.5 Å². The van der Waals surface area contributed by atoms with Crippen LogP contribution >= 0.6 is 11.3 Å². The van der Waals surface area contributed by atoms with Crippen molar-refractivity contribution in [1.82, 2.24) is 0 Å². The molecule has 0 bridgehead atoms. The summed E-state index contributed by atoms with van der Waals surface area (Å²) in [6, 6.07) is 4.93. The molecule has 0 amide bonds. The molecule has 18 heavy (non-hydrogen) atoms. The second-order valence-corrected chi connectivity index (χ2v) is 7.99. The van der Waals surface area contributed by atoms with Gasteiger partial charge in [-0.3, -0.25) is 0 Å². The van der Waals surface area contributed by atoms with E-state index in [2.05, 4.69) is 52.1 Å². The largest absolute Gasteiger partial charge is 0.144 e. The molecule has 3 rings (SSSR count). The third-order valence-corrected chi connectivity index (χ3v) is 5.80. The molecule has 1 heterocycles. The quantitative estimate of drug-likeness (QED) is 0.580. The normalized spacial score (nSPS) is 20.9. The zero-order chi connectivity index (χ0) is 13.1. The molecule has 0 nitrogen and oxygen atoms in total. The van der Waals surface area contributed by atoms with Crippen LogP contribution in [0.25, 0.3) is 10.1 Å². The lowest BCUT2D eigenvalue weighted by Crippen LogP contribution is -2.33. The Morgan fingerprint density at radius 1 is 0.944 bits per heavy atom. The van der Waals surface area contributed by atoms with E-state index in [1.807, 2.05) is 11.3 Å². The van der Waals surface area contributed by atoms with Gasteiger partial charge in [0.25, 0.3) is 0 Å². The SMILES string of the molecule is Cc1csc2cc3c(cc12)C(C)(C)CCC3(C)C. The van der Waals surface area contributed by atoms with Crippen molar-refractivity contribution in [2.45, 2.75) is 58.3 Å². The minimum atomic E-state index is 0.327. The van der Waals surface area contributed by atoms with Crippen LogP contribution in [0.5, 0.6) is 0 Å². The van der Waals surface area contributed by atoms with Gasteiger partial charge in [-0.15, -0.1) is 11.3 Å². The number of hydrogen-bond acceptors (Lipinski definition) is 1. The Bertz CT molecular complexity index is 614. The zero-order valence-electron chi connectivity index (χ0n) is 12.1. The van der Waals surface area contributed by atoms with Gasteiger partial charge < -0.3 is 0 Å². The van der Waals surface area contributed by atoms with Crippen LogP contribution in [0.4, 0.5) is 0 Å². The summed E-state index contributed by atoms with van der Waals surface area (Å²) in [7, 11) is 0. The average Bonchev–Trinajstić information content (AvgIpc) is 2.66. The van der Waals surface area contributed by atoms with E-state index >= 15 is 0 Å². The van der Waals surface area contributed by atoms with E-state index in [-0.39, 0.29) is 0 Å². The molecule has 0 N–H and O–H groups in total. The standard InChI is InChI=1S/C17H22S/c1-11-10-18-15-9-14-13(8-12(11)15)16(2,3)6-7-17(14,4)5/h8-10H,6-7H2,1-5H3. The number of aryl methyl sites for hydroxylation is 1. The maximum Gasteiger partial charge on any atom is 0.0348 e. The first-order valence-corrected chi connectivity index (χ1v) is 7.72. The van der Waals surface area contributed by atoms with Crippen molar-refractivity contribution in [2.75, 3.05) is 0 Å². The number of rotatable bonds is 0. The van der Waals surface area contributed by atoms with Gasteiger partial charge in [-0.05, 0) is 70.2 Å². The second-order valence-electron chi connectivity index (χ2n) is 7.08. The first-order chi connectivity index (χ1) is 8.31. The third kappa shape index (κ3) is 1.64. The molecule has 1 heteroatoms. The first-order valence-electron chi connectivity index (χ1n) is 6.84. The van der Waals surface area contributed by atoms with Gasteiger partial charge >= 0.3 is 0 Å². The summed E-state index contributed by atoms with van der Waals surface area (Å²) in [5.41, 5.74) is 5.24. The van der Waals surface area contributed by atoms with Crippen LogP contribution in [-0.4, -0.2) is 0 Å². The highest BCUT2D eigenvalue weighted by atomic mass is 32.1. The summed E-state index contributed by atoms with van der Waals surface area (Å²) in [5.74, 6) is 0. The molecule has 1 aromatic heterocycles. The Balaban J connectivity index is 2.37. The molecule has 0 atom stereocenters. The maximum absolute atomic E-state index is 2.47. The van der Waals surface area contributed by atoms with Crippen LogP contribution in [0.3, 0.4) is 0 Å². The second kappa shape index (κ2) is 3.60. The predicted octanol–water partition coefficient (Wildman–Crippen LogP) is 5.56. The van der Waals surface area contributed by atoms with Crippen LogP contribution in [0.1, 0.15) is 57.2 Å². The van der Waals surface area contributed by atoms with Crippen LogP contribution in [0, 0.1) is 6.92 Å².